The monoisotopic (exact) mass is 302 g/mol. The normalized spacial score (nSPS) is 10.7. The van der Waals surface area contributed by atoms with Gasteiger partial charge < -0.3 is 10.6 Å². The molecule has 4 heteroatoms. The Morgan fingerprint density at radius 3 is 2.43 bits per heavy atom. The number of nitrogen functional groups attached to an aromatic ring is 1. The van der Waals surface area contributed by atoms with Gasteiger partial charge >= 0.3 is 0 Å². The van der Waals surface area contributed by atoms with Crippen LogP contribution in [0.5, 0.6) is 0 Å². The molecule has 1 amide bonds. The fourth-order valence-corrected chi connectivity index (χ4v) is 2.32. The summed E-state index contributed by atoms with van der Waals surface area (Å²) < 4.78 is 0. The number of amides is 1. The van der Waals surface area contributed by atoms with Crippen LogP contribution in [0.4, 0.5) is 5.69 Å². The number of hydrogen-bond acceptors (Lipinski definition) is 2. The Bertz CT molecular complexity index is 626. The third-order valence-corrected chi connectivity index (χ3v) is 3.69. The van der Waals surface area contributed by atoms with Crippen LogP contribution in [0.2, 0.25) is 5.02 Å². The number of anilines is 1. The second kappa shape index (κ2) is 6.64. The molecule has 0 saturated carbocycles. The fourth-order valence-electron chi connectivity index (χ4n) is 2.15. The molecule has 0 aliphatic heterocycles. The predicted molar refractivity (Wildman–Crippen MR) is 87.3 cm³/mol. The molecule has 2 aromatic carbocycles. The van der Waals surface area contributed by atoms with Crippen molar-refractivity contribution in [1.29, 1.82) is 0 Å². The molecule has 2 aromatic rings. The highest BCUT2D eigenvalue weighted by atomic mass is 35.5. The number of nitrogens with two attached hydrogens (primary N) is 1. The number of para-hydroxylation sites is 1. The minimum Gasteiger partial charge on any atom is -0.397 e. The van der Waals surface area contributed by atoms with E-state index in [0.717, 1.165) is 5.56 Å². The molecule has 21 heavy (non-hydrogen) atoms. The molecule has 110 valence electrons. The molecule has 0 unspecified atom stereocenters. The van der Waals surface area contributed by atoms with Crippen LogP contribution < -0.4 is 5.73 Å². The molecule has 0 fully saturated rings. The van der Waals surface area contributed by atoms with Crippen LogP contribution in [0.25, 0.3) is 0 Å². The summed E-state index contributed by atoms with van der Waals surface area (Å²) in [6.45, 7) is 4.52. The molecule has 2 N–H and O–H groups in total. The molecule has 2 rings (SSSR count). The van der Waals surface area contributed by atoms with E-state index in [4.69, 9.17) is 17.3 Å². The Labute approximate surface area is 130 Å². The van der Waals surface area contributed by atoms with E-state index >= 15 is 0 Å². The summed E-state index contributed by atoms with van der Waals surface area (Å²) in [4.78, 5) is 14.5. The van der Waals surface area contributed by atoms with Crippen LogP contribution in [-0.4, -0.2) is 16.8 Å². The number of hydrogen-bond donors (Lipinski definition) is 1. The van der Waals surface area contributed by atoms with Gasteiger partial charge in [-0.3, -0.25) is 4.79 Å². The van der Waals surface area contributed by atoms with Crippen LogP contribution >= 0.6 is 11.6 Å². The number of carbonyl (C=O) groups excluding carboxylic acids is 1. The van der Waals surface area contributed by atoms with Gasteiger partial charge in [-0.1, -0.05) is 48.0 Å². The second-order valence-electron chi connectivity index (χ2n) is 5.21. The molecule has 0 heterocycles. The highest BCUT2D eigenvalue weighted by Gasteiger charge is 2.21. The van der Waals surface area contributed by atoms with Crippen LogP contribution in [0.15, 0.2) is 48.5 Å². The third-order valence-electron chi connectivity index (χ3n) is 3.36. The molecule has 0 bridgehead atoms. The molecular weight excluding hydrogens is 284 g/mol. The predicted octanol–water partition coefficient (Wildman–Crippen LogP) is 3.97. The highest BCUT2D eigenvalue weighted by Crippen LogP contribution is 2.25. The van der Waals surface area contributed by atoms with E-state index in [-0.39, 0.29) is 11.9 Å². The molecule has 0 aromatic heterocycles. The van der Waals surface area contributed by atoms with Gasteiger partial charge in [-0.05, 0) is 31.5 Å². The standard InChI is InChI=1S/C17H19ClN2O/c1-12(2)20(11-13-7-4-3-5-8-13)17(21)14-9-6-10-15(18)16(14)19/h3-10,12H,11,19H2,1-2H3. The lowest BCUT2D eigenvalue weighted by atomic mass is 10.1. The van der Waals surface area contributed by atoms with E-state index < -0.39 is 0 Å². The van der Waals surface area contributed by atoms with Crippen molar-refractivity contribution in [2.24, 2.45) is 0 Å². The SMILES string of the molecule is CC(C)N(Cc1ccccc1)C(=O)c1cccc(Cl)c1N. The van der Waals surface area contributed by atoms with Crippen molar-refractivity contribution < 1.29 is 4.79 Å². The van der Waals surface area contributed by atoms with E-state index in [1.54, 1.807) is 23.1 Å². The van der Waals surface area contributed by atoms with E-state index in [1.165, 1.54) is 0 Å². The zero-order valence-corrected chi connectivity index (χ0v) is 13.0. The van der Waals surface area contributed by atoms with Gasteiger partial charge in [0.25, 0.3) is 5.91 Å². The van der Waals surface area contributed by atoms with Crippen molar-refractivity contribution in [3.8, 4) is 0 Å². The Balaban J connectivity index is 2.30. The molecular formula is C17H19ClN2O. The van der Waals surface area contributed by atoms with Gasteiger partial charge in [0.1, 0.15) is 0 Å². The van der Waals surface area contributed by atoms with Crippen LogP contribution in [0.3, 0.4) is 0 Å². The maximum Gasteiger partial charge on any atom is 0.256 e. The topological polar surface area (TPSA) is 46.3 Å². The summed E-state index contributed by atoms with van der Waals surface area (Å²) in [5.41, 5.74) is 7.81. The fraction of sp³-hybridized carbons (Fsp3) is 0.235. The van der Waals surface area contributed by atoms with Crippen LogP contribution in [-0.2, 0) is 6.54 Å². The van der Waals surface area contributed by atoms with Gasteiger partial charge in [0.15, 0.2) is 0 Å². The quantitative estimate of drug-likeness (QED) is 0.869. The maximum atomic E-state index is 12.8. The van der Waals surface area contributed by atoms with Crippen molar-refractivity contribution >= 4 is 23.2 Å². The third kappa shape index (κ3) is 3.56. The van der Waals surface area contributed by atoms with E-state index in [9.17, 15) is 4.79 Å². The van der Waals surface area contributed by atoms with Gasteiger partial charge in [0, 0.05) is 12.6 Å². The van der Waals surface area contributed by atoms with Gasteiger partial charge in [0.2, 0.25) is 0 Å². The van der Waals surface area contributed by atoms with Gasteiger partial charge in [-0.25, -0.2) is 0 Å². The molecule has 0 spiro atoms. The van der Waals surface area contributed by atoms with Crippen molar-refractivity contribution in [2.75, 3.05) is 5.73 Å². The molecule has 0 atom stereocenters. The summed E-state index contributed by atoms with van der Waals surface area (Å²) >= 11 is 6.01. The Morgan fingerprint density at radius 2 is 1.81 bits per heavy atom. The second-order valence-corrected chi connectivity index (χ2v) is 5.62. The van der Waals surface area contributed by atoms with Gasteiger partial charge in [0.05, 0.1) is 16.3 Å². The summed E-state index contributed by atoms with van der Waals surface area (Å²) in [7, 11) is 0. The zero-order chi connectivity index (χ0) is 15.4. The summed E-state index contributed by atoms with van der Waals surface area (Å²) in [6, 6.07) is 15.1. The van der Waals surface area contributed by atoms with Crippen molar-refractivity contribution in [3.05, 3.63) is 64.7 Å². The lowest BCUT2D eigenvalue weighted by molar-refractivity contribution is 0.0691. The minimum atomic E-state index is -0.103. The number of benzene rings is 2. The van der Waals surface area contributed by atoms with E-state index in [1.807, 2.05) is 44.2 Å². The first-order valence-corrected chi connectivity index (χ1v) is 7.27. The first-order valence-electron chi connectivity index (χ1n) is 6.89. The number of rotatable bonds is 4. The Hall–Kier alpha value is -2.00. The van der Waals surface area contributed by atoms with E-state index in [2.05, 4.69) is 0 Å². The van der Waals surface area contributed by atoms with Gasteiger partial charge in [-0.2, -0.15) is 0 Å². The number of nitrogens with zero attached hydrogens (tertiary/aromatic N) is 1. The smallest absolute Gasteiger partial charge is 0.256 e. The molecule has 0 aliphatic carbocycles. The average Bonchev–Trinajstić information content (AvgIpc) is 2.48. The minimum absolute atomic E-state index is 0.0658. The number of carbonyl (C=O) groups is 1. The zero-order valence-electron chi connectivity index (χ0n) is 12.2. The molecule has 3 nitrogen and oxygen atoms in total. The highest BCUT2D eigenvalue weighted by molar-refractivity contribution is 6.33. The van der Waals surface area contributed by atoms with E-state index in [0.29, 0.717) is 22.8 Å². The Kier molecular flexibility index (Phi) is 4.86. The average molecular weight is 303 g/mol. The Morgan fingerprint density at radius 1 is 1.14 bits per heavy atom. The molecule has 0 aliphatic rings. The summed E-state index contributed by atoms with van der Waals surface area (Å²) in [6.07, 6.45) is 0. The lowest BCUT2D eigenvalue weighted by Gasteiger charge is -2.27. The van der Waals surface area contributed by atoms with Crippen molar-refractivity contribution in [2.45, 2.75) is 26.4 Å². The molecule has 0 radical (unpaired) electrons. The van der Waals surface area contributed by atoms with Crippen LogP contribution in [0.1, 0.15) is 29.8 Å². The lowest BCUT2D eigenvalue weighted by Crippen LogP contribution is -2.36. The van der Waals surface area contributed by atoms with Crippen LogP contribution in [0, 0.1) is 0 Å². The molecule has 0 saturated heterocycles. The first-order chi connectivity index (χ1) is 10.0. The summed E-state index contributed by atoms with van der Waals surface area (Å²) in [5, 5.41) is 0.407. The first kappa shape index (κ1) is 15.4. The van der Waals surface area contributed by atoms with Crippen molar-refractivity contribution in [1.82, 2.24) is 4.90 Å². The number of halogens is 1. The summed E-state index contributed by atoms with van der Waals surface area (Å²) in [5.74, 6) is -0.103. The van der Waals surface area contributed by atoms with Gasteiger partial charge in [-0.15, -0.1) is 0 Å². The largest absolute Gasteiger partial charge is 0.397 e. The van der Waals surface area contributed by atoms with Crippen molar-refractivity contribution in [3.63, 3.8) is 0 Å². The maximum absolute atomic E-state index is 12.8.